The standard InChI is InChI=1S/C15H23N/c16-12-15(14-9-5-2-6-10-14)11-13-7-3-1-4-8-13/h2,5-6,9-10,13,15H,1,3-4,7-8,11-12,16H2. The van der Waals surface area contributed by atoms with E-state index in [1.807, 2.05) is 0 Å². The average Bonchev–Trinajstić information content (AvgIpc) is 2.38. The summed E-state index contributed by atoms with van der Waals surface area (Å²) in [6, 6.07) is 10.8. The Bertz CT molecular complexity index is 288. The maximum atomic E-state index is 5.92. The highest BCUT2D eigenvalue weighted by molar-refractivity contribution is 5.19. The summed E-state index contributed by atoms with van der Waals surface area (Å²) in [5, 5.41) is 0. The van der Waals surface area contributed by atoms with Gasteiger partial charge in [0.1, 0.15) is 0 Å². The number of hydrogen-bond acceptors (Lipinski definition) is 1. The van der Waals surface area contributed by atoms with E-state index in [-0.39, 0.29) is 0 Å². The van der Waals surface area contributed by atoms with Crippen molar-refractivity contribution in [1.29, 1.82) is 0 Å². The Morgan fingerprint density at radius 3 is 2.38 bits per heavy atom. The van der Waals surface area contributed by atoms with Crippen LogP contribution in [0.2, 0.25) is 0 Å². The third-order valence-electron chi connectivity index (χ3n) is 3.90. The summed E-state index contributed by atoms with van der Waals surface area (Å²) in [4.78, 5) is 0. The number of hydrogen-bond donors (Lipinski definition) is 1. The molecule has 1 nitrogen and oxygen atoms in total. The molecule has 1 heteroatoms. The van der Waals surface area contributed by atoms with E-state index < -0.39 is 0 Å². The molecule has 1 unspecified atom stereocenters. The van der Waals surface area contributed by atoms with Crippen molar-refractivity contribution in [2.45, 2.75) is 44.4 Å². The van der Waals surface area contributed by atoms with Gasteiger partial charge in [-0.1, -0.05) is 62.4 Å². The zero-order chi connectivity index (χ0) is 11.2. The lowest BCUT2D eigenvalue weighted by atomic mass is 9.80. The zero-order valence-corrected chi connectivity index (χ0v) is 10.1. The second-order valence-electron chi connectivity index (χ2n) is 5.08. The fourth-order valence-corrected chi connectivity index (χ4v) is 2.92. The van der Waals surface area contributed by atoms with Gasteiger partial charge in [0.25, 0.3) is 0 Å². The number of rotatable bonds is 4. The summed E-state index contributed by atoms with van der Waals surface area (Å²) < 4.78 is 0. The van der Waals surface area contributed by atoms with Crippen LogP contribution >= 0.6 is 0 Å². The van der Waals surface area contributed by atoms with E-state index in [1.54, 1.807) is 0 Å². The van der Waals surface area contributed by atoms with Crippen molar-refractivity contribution in [1.82, 2.24) is 0 Å². The molecule has 0 amide bonds. The van der Waals surface area contributed by atoms with Gasteiger partial charge in [-0.15, -0.1) is 0 Å². The minimum atomic E-state index is 0.573. The summed E-state index contributed by atoms with van der Waals surface area (Å²) in [6.07, 6.45) is 8.43. The van der Waals surface area contributed by atoms with Crippen molar-refractivity contribution in [3.8, 4) is 0 Å². The van der Waals surface area contributed by atoms with Gasteiger partial charge in [0.2, 0.25) is 0 Å². The predicted molar refractivity (Wildman–Crippen MR) is 69.4 cm³/mol. The second-order valence-corrected chi connectivity index (χ2v) is 5.08. The molecule has 0 aliphatic heterocycles. The van der Waals surface area contributed by atoms with Gasteiger partial charge in [-0.2, -0.15) is 0 Å². The van der Waals surface area contributed by atoms with E-state index in [1.165, 1.54) is 44.1 Å². The molecular formula is C15H23N. The normalized spacial score (nSPS) is 19.6. The molecule has 1 aliphatic rings. The topological polar surface area (TPSA) is 26.0 Å². The van der Waals surface area contributed by atoms with Gasteiger partial charge in [0.15, 0.2) is 0 Å². The Balaban J connectivity index is 1.94. The highest BCUT2D eigenvalue weighted by Crippen LogP contribution is 2.32. The average molecular weight is 217 g/mol. The molecule has 16 heavy (non-hydrogen) atoms. The summed E-state index contributed by atoms with van der Waals surface area (Å²) in [5.74, 6) is 1.49. The van der Waals surface area contributed by atoms with Crippen molar-refractivity contribution in [3.63, 3.8) is 0 Å². The second kappa shape index (κ2) is 6.05. The van der Waals surface area contributed by atoms with Crippen LogP contribution in [0.5, 0.6) is 0 Å². The number of nitrogens with two attached hydrogens (primary N) is 1. The van der Waals surface area contributed by atoms with Crippen molar-refractivity contribution in [2.24, 2.45) is 11.7 Å². The van der Waals surface area contributed by atoms with Gasteiger partial charge in [-0.25, -0.2) is 0 Å². The first kappa shape index (κ1) is 11.7. The molecule has 1 aromatic carbocycles. The minimum absolute atomic E-state index is 0.573. The molecule has 0 radical (unpaired) electrons. The maximum Gasteiger partial charge on any atom is -0.000813 e. The molecule has 0 spiro atoms. The van der Waals surface area contributed by atoms with Gasteiger partial charge >= 0.3 is 0 Å². The summed E-state index contributed by atoms with van der Waals surface area (Å²) >= 11 is 0. The van der Waals surface area contributed by atoms with Gasteiger partial charge in [0, 0.05) is 0 Å². The molecule has 1 saturated carbocycles. The van der Waals surface area contributed by atoms with Gasteiger partial charge in [0.05, 0.1) is 0 Å². The van der Waals surface area contributed by atoms with E-state index in [4.69, 9.17) is 5.73 Å². The highest BCUT2D eigenvalue weighted by Gasteiger charge is 2.18. The molecule has 0 bridgehead atoms. The van der Waals surface area contributed by atoms with E-state index in [0.29, 0.717) is 5.92 Å². The van der Waals surface area contributed by atoms with E-state index in [2.05, 4.69) is 30.3 Å². The van der Waals surface area contributed by atoms with Crippen LogP contribution in [-0.2, 0) is 0 Å². The molecule has 1 fully saturated rings. The molecule has 2 N–H and O–H groups in total. The van der Waals surface area contributed by atoms with Gasteiger partial charge in [-0.3, -0.25) is 0 Å². The van der Waals surface area contributed by atoms with Crippen LogP contribution in [0.4, 0.5) is 0 Å². The van der Waals surface area contributed by atoms with Crippen LogP contribution < -0.4 is 5.73 Å². The highest BCUT2D eigenvalue weighted by atomic mass is 14.5. The monoisotopic (exact) mass is 217 g/mol. The SMILES string of the molecule is NCC(CC1CCCCC1)c1ccccc1. The Labute approximate surface area is 99.0 Å². The minimum Gasteiger partial charge on any atom is -0.330 e. The Kier molecular flexibility index (Phi) is 4.41. The van der Waals surface area contributed by atoms with Crippen molar-refractivity contribution in [2.75, 3.05) is 6.54 Å². The molecule has 88 valence electrons. The fraction of sp³-hybridized carbons (Fsp3) is 0.600. The first-order valence-corrected chi connectivity index (χ1v) is 6.65. The van der Waals surface area contributed by atoms with Crippen molar-refractivity contribution < 1.29 is 0 Å². The van der Waals surface area contributed by atoms with E-state index in [9.17, 15) is 0 Å². The smallest absolute Gasteiger partial charge is 0.000813 e. The van der Waals surface area contributed by atoms with Crippen LogP contribution in [-0.4, -0.2) is 6.54 Å². The summed E-state index contributed by atoms with van der Waals surface area (Å²) in [5.41, 5.74) is 7.35. The first-order chi connectivity index (χ1) is 7.90. The fourth-order valence-electron chi connectivity index (χ4n) is 2.92. The van der Waals surface area contributed by atoms with Crippen LogP contribution in [0.25, 0.3) is 0 Å². The predicted octanol–water partition coefficient (Wildman–Crippen LogP) is 3.70. The Morgan fingerprint density at radius 2 is 1.75 bits per heavy atom. The molecule has 0 saturated heterocycles. The third kappa shape index (κ3) is 3.08. The van der Waals surface area contributed by atoms with E-state index in [0.717, 1.165) is 12.5 Å². The summed E-state index contributed by atoms with van der Waals surface area (Å²) in [6.45, 7) is 0.792. The lowest BCUT2D eigenvalue weighted by Crippen LogP contribution is -2.18. The van der Waals surface area contributed by atoms with Crippen LogP contribution in [0.1, 0.15) is 50.0 Å². The van der Waals surface area contributed by atoms with Gasteiger partial charge in [-0.05, 0) is 30.4 Å². The Morgan fingerprint density at radius 1 is 1.06 bits per heavy atom. The molecule has 0 aromatic heterocycles. The lowest BCUT2D eigenvalue weighted by Gasteiger charge is -2.26. The van der Waals surface area contributed by atoms with Crippen LogP contribution in [0.15, 0.2) is 30.3 Å². The van der Waals surface area contributed by atoms with Crippen molar-refractivity contribution in [3.05, 3.63) is 35.9 Å². The first-order valence-electron chi connectivity index (χ1n) is 6.65. The zero-order valence-electron chi connectivity index (χ0n) is 10.1. The Hall–Kier alpha value is -0.820. The largest absolute Gasteiger partial charge is 0.330 e. The quantitative estimate of drug-likeness (QED) is 0.817. The molecule has 0 heterocycles. The molecular weight excluding hydrogens is 194 g/mol. The molecule has 1 aromatic rings. The lowest BCUT2D eigenvalue weighted by molar-refractivity contribution is 0.319. The molecule has 2 rings (SSSR count). The summed E-state index contributed by atoms with van der Waals surface area (Å²) in [7, 11) is 0. The molecule has 1 aliphatic carbocycles. The third-order valence-corrected chi connectivity index (χ3v) is 3.90. The molecule has 1 atom stereocenters. The van der Waals surface area contributed by atoms with Crippen LogP contribution in [0, 0.1) is 5.92 Å². The number of benzene rings is 1. The van der Waals surface area contributed by atoms with Gasteiger partial charge < -0.3 is 5.73 Å². The maximum absolute atomic E-state index is 5.92. The van der Waals surface area contributed by atoms with E-state index >= 15 is 0 Å². The van der Waals surface area contributed by atoms with Crippen molar-refractivity contribution >= 4 is 0 Å². The van der Waals surface area contributed by atoms with Crippen LogP contribution in [0.3, 0.4) is 0 Å².